The number of hydrogen-bond acceptors (Lipinski definition) is 2. The minimum atomic E-state index is -1.29. The lowest BCUT2D eigenvalue weighted by Crippen LogP contribution is -1.95. The fourth-order valence-corrected chi connectivity index (χ4v) is 2.31. The minimum Gasteiger partial charge on any atom is -0.207 e. The molecule has 2 aromatic rings. The van der Waals surface area contributed by atoms with E-state index in [0.29, 0.717) is 12.0 Å². The molecule has 0 saturated carbocycles. The maximum atomic E-state index is 13.4. The summed E-state index contributed by atoms with van der Waals surface area (Å²) in [6, 6.07) is 7.97. The Hall–Kier alpha value is -1.49. The van der Waals surface area contributed by atoms with Gasteiger partial charge in [0.15, 0.2) is 11.6 Å². The average Bonchev–Trinajstić information content (AvgIpc) is 2.36. The van der Waals surface area contributed by atoms with Crippen LogP contribution < -0.4 is 0 Å². The predicted octanol–water partition coefficient (Wildman–Crippen LogP) is 4.77. The largest absolute Gasteiger partial charge is 0.250 e. The molecule has 0 aliphatic carbocycles. The van der Waals surface area contributed by atoms with Gasteiger partial charge in [-0.25, -0.2) is 13.8 Å². The van der Waals surface area contributed by atoms with Crippen molar-refractivity contribution in [2.75, 3.05) is 0 Å². The maximum absolute atomic E-state index is 13.4. The molecule has 2 rings (SSSR count). The van der Waals surface area contributed by atoms with Gasteiger partial charge in [-0.1, -0.05) is 37.7 Å². The van der Waals surface area contributed by atoms with Gasteiger partial charge < -0.3 is 0 Å². The second-order valence-corrected chi connectivity index (χ2v) is 5.44. The molecule has 1 aromatic heterocycles. The Kier molecular flexibility index (Phi) is 4.14. The lowest BCUT2D eigenvalue weighted by atomic mass is 10.0. The van der Waals surface area contributed by atoms with E-state index in [-0.39, 0.29) is 5.03 Å². The highest BCUT2D eigenvalue weighted by molar-refractivity contribution is 7.99. The van der Waals surface area contributed by atoms with E-state index in [4.69, 9.17) is 0 Å². The molecule has 1 aromatic carbocycles. The summed E-state index contributed by atoms with van der Waals surface area (Å²) >= 11 is 0.965. The number of nitrogens with zero attached hydrogens (tertiary/aromatic N) is 1. The van der Waals surface area contributed by atoms with Gasteiger partial charge in [-0.3, -0.25) is 0 Å². The summed E-state index contributed by atoms with van der Waals surface area (Å²) in [5.41, 5.74) is 1.16. The molecule has 0 unspecified atom stereocenters. The van der Waals surface area contributed by atoms with Crippen LogP contribution >= 0.6 is 11.8 Å². The fourth-order valence-electron chi connectivity index (χ4n) is 1.53. The van der Waals surface area contributed by atoms with E-state index in [9.17, 15) is 13.2 Å². The third-order valence-corrected chi connectivity index (χ3v) is 3.60. The van der Waals surface area contributed by atoms with Crippen molar-refractivity contribution < 1.29 is 13.2 Å². The van der Waals surface area contributed by atoms with E-state index in [1.807, 2.05) is 24.3 Å². The molecule has 0 radical (unpaired) electrons. The Labute approximate surface area is 113 Å². The SMILES string of the molecule is CC(C)c1ccc(Sc2nc(F)c(F)cc2F)cc1. The molecule has 19 heavy (non-hydrogen) atoms. The highest BCUT2D eigenvalue weighted by Gasteiger charge is 2.13. The predicted molar refractivity (Wildman–Crippen MR) is 68.8 cm³/mol. The van der Waals surface area contributed by atoms with Crippen LogP contribution in [-0.2, 0) is 0 Å². The zero-order valence-electron chi connectivity index (χ0n) is 10.5. The van der Waals surface area contributed by atoms with Crippen molar-refractivity contribution in [3.8, 4) is 0 Å². The zero-order valence-corrected chi connectivity index (χ0v) is 11.3. The molecular formula is C14H12F3NS. The third kappa shape index (κ3) is 3.29. The Balaban J connectivity index is 2.24. The first kappa shape index (κ1) is 13.9. The molecule has 1 nitrogen and oxygen atoms in total. The molecule has 100 valence electrons. The summed E-state index contributed by atoms with van der Waals surface area (Å²) in [4.78, 5) is 4.00. The van der Waals surface area contributed by atoms with Gasteiger partial charge in [0.2, 0.25) is 5.95 Å². The van der Waals surface area contributed by atoms with Crippen molar-refractivity contribution >= 4 is 11.8 Å². The van der Waals surface area contributed by atoms with Gasteiger partial charge in [-0.05, 0) is 23.6 Å². The summed E-state index contributed by atoms with van der Waals surface area (Å²) in [5.74, 6) is -3.03. The van der Waals surface area contributed by atoms with Gasteiger partial charge in [0.25, 0.3) is 0 Å². The van der Waals surface area contributed by atoms with Crippen LogP contribution in [0.4, 0.5) is 13.2 Å². The van der Waals surface area contributed by atoms with Gasteiger partial charge >= 0.3 is 0 Å². The van der Waals surface area contributed by atoms with Gasteiger partial charge in [-0.2, -0.15) is 4.39 Å². The molecule has 0 atom stereocenters. The smallest absolute Gasteiger partial charge is 0.207 e. The monoisotopic (exact) mass is 283 g/mol. The Morgan fingerprint density at radius 1 is 1.00 bits per heavy atom. The van der Waals surface area contributed by atoms with Crippen LogP contribution in [0.5, 0.6) is 0 Å². The van der Waals surface area contributed by atoms with Gasteiger partial charge in [-0.15, -0.1) is 0 Å². The summed E-state index contributed by atoms with van der Waals surface area (Å²) < 4.78 is 39.2. The molecule has 5 heteroatoms. The molecule has 0 amide bonds. The van der Waals surface area contributed by atoms with Crippen molar-refractivity contribution in [2.45, 2.75) is 29.7 Å². The number of rotatable bonds is 3. The van der Waals surface area contributed by atoms with Crippen molar-refractivity contribution in [3.05, 3.63) is 53.5 Å². The van der Waals surface area contributed by atoms with Crippen LogP contribution in [-0.4, -0.2) is 4.98 Å². The first-order valence-electron chi connectivity index (χ1n) is 5.76. The van der Waals surface area contributed by atoms with Crippen molar-refractivity contribution in [1.82, 2.24) is 4.98 Å². The third-order valence-electron chi connectivity index (χ3n) is 2.62. The summed E-state index contributed by atoms with van der Waals surface area (Å²) in [7, 11) is 0. The molecule has 0 bridgehead atoms. The molecule has 0 spiro atoms. The Morgan fingerprint density at radius 2 is 1.63 bits per heavy atom. The number of benzene rings is 1. The normalized spacial score (nSPS) is 11.1. The van der Waals surface area contributed by atoms with Crippen molar-refractivity contribution in [3.63, 3.8) is 0 Å². The summed E-state index contributed by atoms with van der Waals surface area (Å²) in [5, 5.41) is -0.170. The Morgan fingerprint density at radius 3 is 2.21 bits per heavy atom. The highest BCUT2D eigenvalue weighted by Crippen LogP contribution is 2.29. The van der Waals surface area contributed by atoms with E-state index >= 15 is 0 Å². The lowest BCUT2D eigenvalue weighted by Gasteiger charge is -2.07. The molecule has 1 heterocycles. The van der Waals surface area contributed by atoms with Crippen LogP contribution in [0.1, 0.15) is 25.3 Å². The number of aromatic nitrogens is 1. The first-order chi connectivity index (χ1) is 8.97. The fraction of sp³-hybridized carbons (Fsp3) is 0.214. The topological polar surface area (TPSA) is 12.9 Å². The van der Waals surface area contributed by atoms with Crippen molar-refractivity contribution in [2.24, 2.45) is 0 Å². The molecule has 0 N–H and O–H groups in total. The number of pyridine rings is 1. The van der Waals surface area contributed by atoms with Crippen LogP contribution in [0.2, 0.25) is 0 Å². The van der Waals surface area contributed by atoms with Crippen LogP contribution in [0.3, 0.4) is 0 Å². The van der Waals surface area contributed by atoms with E-state index in [2.05, 4.69) is 18.8 Å². The van der Waals surface area contributed by atoms with Gasteiger partial charge in [0.05, 0.1) is 0 Å². The van der Waals surface area contributed by atoms with Crippen molar-refractivity contribution in [1.29, 1.82) is 0 Å². The van der Waals surface area contributed by atoms with E-state index in [1.165, 1.54) is 0 Å². The van der Waals surface area contributed by atoms with Gasteiger partial charge in [0, 0.05) is 11.0 Å². The van der Waals surface area contributed by atoms with E-state index in [0.717, 1.165) is 22.2 Å². The highest BCUT2D eigenvalue weighted by atomic mass is 32.2. The quantitative estimate of drug-likeness (QED) is 0.752. The molecule has 0 saturated heterocycles. The number of hydrogen-bond donors (Lipinski definition) is 0. The molecule has 0 fully saturated rings. The lowest BCUT2D eigenvalue weighted by molar-refractivity contribution is 0.448. The first-order valence-corrected chi connectivity index (χ1v) is 6.58. The minimum absolute atomic E-state index is 0.170. The molecule has 0 aliphatic rings. The molecular weight excluding hydrogens is 271 g/mol. The second kappa shape index (κ2) is 5.65. The van der Waals surface area contributed by atoms with Crippen LogP contribution in [0.15, 0.2) is 40.3 Å². The Bertz CT molecular complexity index is 582. The zero-order chi connectivity index (χ0) is 14.0. The second-order valence-electron chi connectivity index (χ2n) is 4.37. The van der Waals surface area contributed by atoms with Crippen LogP contribution in [0, 0.1) is 17.6 Å². The standard InChI is InChI=1S/C14H12F3NS/c1-8(2)9-3-5-10(6-4-9)19-14-12(16)7-11(15)13(17)18-14/h3-8H,1-2H3. The summed E-state index contributed by atoms with van der Waals surface area (Å²) in [6.45, 7) is 4.14. The average molecular weight is 283 g/mol. The van der Waals surface area contributed by atoms with Crippen LogP contribution in [0.25, 0.3) is 0 Å². The van der Waals surface area contributed by atoms with E-state index in [1.54, 1.807) is 0 Å². The van der Waals surface area contributed by atoms with E-state index < -0.39 is 17.6 Å². The molecule has 0 aliphatic heterocycles. The maximum Gasteiger partial charge on any atom is 0.250 e. The summed E-state index contributed by atoms with van der Waals surface area (Å²) in [6.07, 6.45) is 0. The number of halogens is 3. The van der Waals surface area contributed by atoms with Gasteiger partial charge in [0.1, 0.15) is 5.03 Å².